The molecule has 17 heteroatoms. The molecule has 1 aliphatic rings. The summed E-state index contributed by atoms with van der Waals surface area (Å²) in [4.78, 5) is 39.3. The average Bonchev–Trinajstić information content (AvgIpc) is 3.42. The van der Waals surface area contributed by atoms with E-state index in [1.54, 1.807) is 29.2 Å². The fourth-order valence-electron chi connectivity index (χ4n) is 4.10. The number of para-hydroxylation sites is 1. The van der Waals surface area contributed by atoms with Gasteiger partial charge in [0.15, 0.2) is 0 Å². The first-order valence-corrected chi connectivity index (χ1v) is 12.9. The quantitative estimate of drug-likeness (QED) is 0.229. The zero-order valence-corrected chi connectivity index (χ0v) is 23.6. The lowest BCUT2D eigenvalue weighted by atomic mass is 10.1. The van der Waals surface area contributed by atoms with Crippen LogP contribution in [0, 0.1) is 0 Å². The summed E-state index contributed by atoms with van der Waals surface area (Å²) in [6, 6.07) is 12.0. The van der Waals surface area contributed by atoms with Crippen LogP contribution in [0.3, 0.4) is 0 Å². The highest BCUT2D eigenvalue weighted by Crippen LogP contribution is 2.38. The first kappa shape index (κ1) is 34.4. The summed E-state index contributed by atoms with van der Waals surface area (Å²) in [7, 11) is 2.83. The van der Waals surface area contributed by atoms with Gasteiger partial charge in [0.25, 0.3) is 11.8 Å². The van der Waals surface area contributed by atoms with Gasteiger partial charge in [0.1, 0.15) is 11.6 Å². The van der Waals surface area contributed by atoms with Crippen molar-refractivity contribution in [3.63, 3.8) is 0 Å². The van der Waals surface area contributed by atoms with E-state index in [1.807, 2.05) is 0 Å². The van der Waals surface area contributed by atoms with Crippen LogP contribution in [0.4, 0.5) is 49.2 Å². The molecular weight excluding hydrogens is 616 g/mol. The molecule has 1 atom stereocenters. The normalized spacial score (nSPS) is 14.6. The summed E-state index contributed by atoms with van der Waals surface area (Å²) >= 11 is 0. The van der Waals surface area contributed by atoms with Crippen molar-refractivity contribution in [1.82, 2.24) is 15.2 Å². The van der Waals surface area contributed by atoms with Gasteiger partial charge in [0.05, 0.1) is 41.4 Å². The number of methoxy groups -OCH3 is 1. The molecule has 1 fully saturated rings. The molecule has 5 N–H and O–H groups in total. The van der Waals surface area contributed by atoms with Crippen LogP contribution in [0.15, 0.2) is 54.7 Å². The standard InChI is InChI=1S/C26H26F3N5O4.C2HF3O2/c1-30-24(36)17-5-3-4-6-19(17)32-21-12-23(31-13-18(21)26(27,28)29)33-20-8-7-15(11-22(20)38-2)25(37)34-10-9-16(35)14-34;3-2(4,5)1(6)7/h3-8,11-13,16,35H,9-10,14H2,1-2H3,(H,30,36)(H2,31,32,33);(H,6,7)/t16-;/m0./s1. The number of hydrogen-bond donors (Lipinski definition) is 5. The second-order valence-electron chi connectivity index (χ2n) is 9.40. The monoisotopic (exact) mass is 643 g/mol. The Morgan fingerprint density at radius 3 is 2.20 bits per heavy atom. The molecule has 11 nitrogen and oxygen atoms in total. The summed E-state index contributed by atoms with van der Waals surface area (Å²) in [6.07, 6.45) is -9.15. The summed E-state index contributed by atoms with van der Waals surface area (Å²) < 4.78 is 78.5. The number of amides is 2. The first-order valence-electron chi connectivity index (χ1n) is 12.9. The Hall–Kier alpha value is -5.06. The Bertz CT molecular complexity index is 1550. The van der Waals surface area contributed by atoms with E-state index in [4.69, 9.17) is 14.6 Å². The van der Waals surface area contributed by atoms with Crippen LogP contribution < -0.4 is 20.7 Å². The van der Waals surface area contributed by atoms with Crippen LogP contribution in [-0.2, 0) is 11.0 Å². The number of aliphatic carboxylic acids is 1. The van der Waals surface area contributed by atoms with Gasteiger partial charge in [-0.3, -0.25) is 9.59 Å². The number of anilines is 4. The summed E-state index contributed by atoms with van der Waals surface area (Å²) in [5, 5.41) is 24.9. The number of carbonyl (C=O) groups is 3. The second kappa shape index (κ2) is 14.1. The molecule has 2 aromatic carbocycles. The maximum absolute atomic E-state index is 13.8. The molecule has 0 unspecified atom stereocenters. The minimum atomic E-state index is -5.08. The highest BCUT2D eigenvalue weighted by Gasteiger charge is 2.38. The molecular formula is C28H27F6N5O6. The van der Waals surface area contributed by atoms with Crippen molar-refractivity contribution < 1.29 is 55.7 Å². The lowest BCUT2D eigenvalue weighted by molar-refractivity contribution is -0.192. The number of β-amino-alcohol motifs (C(OH)–C–C–N with tert-alkyl or cyclic N) is 1. The number of carboxylic acid groups (broad SMARTS) is 1. The highest BCUT2D eigenvalue weighted by atomic mass is 19.4. The largest absolute Gasteiger partial charge is 0.495 e. The van der Waals surface area contributed by atoms with Gasteiger partial charge in [-0.1, -0.05) is 12.1 Å². The number of halogens is 6. The van der Waals surface area contributed by atoms with Gasteiger partial charge >= 0.3 is 18.3 Å². The third-order valence-electron chi connectivity index (χ3n) is 6.28. The number of carbonyl (C=O) groups excluding carboxylic acids is 2. The van der Waals surface area contributed by atoms with Crippen molar-refractivity contribution in [2.45, 2.75) is 24.9 Å². The average molecular weight is 644 g/mol. The van der Waals surface area contributed by atoms with Gasteiger partial charge < -0.3 is 35.8 Å². The van der Waals surface area contributed by atoms with Crippen LogP contribution in [0.5, 0.6) is 5.75 Å². The van der Waals surface area contributed by atoms with Crippen LogP contribution in [-0.4, -0.2) is 77.4 Å². The number of aliphatic hydroxyl groups is 1. The number of ether oxygens (including phenoxy) is 1. The van der Waals surface area contributed by atoms with E-state index >= 15 is 0 Å². The zero-order valence-electron chi connectivity index (χ0n) is 23.6. The summed E-state index contributed by atoms with van der Waals surface area (Å²) in [6.45, 7) is 0.687. The fraction of sp³-hybridized carbons (Fsp3) is 0.286. The van der Waals surface area contributed by atoms with E-state index in [1.165, 1.54) is 38.4 Å². The maximum atomic E-state index is 13.8. The van der Waals surface area contributed by atoms with Gasteiger partial charge in [-0.2, -0.15) is 26.3 Å². The number of carboxylic acids is 1. The van der Waals surface area contributed by atoms with Gasteiger partial charge in [-0.05, 0) is 36.8 Å². The van der Waals surface area contributed by atoms with Gasteiger partial charge in [-0.15, -0.1) is 0 Å². The molecule has 45 heavy (non-hydrogen) atoms. The van der Waals surface area contributed by atoms with Crippen LogP contribution >= 0.6 is 0 Å². The van der Waals surface area contributed by atoms with E-state index in [-0.39, 0.29) is 41.0 Å². The number of alkyl halides is 6. The maximum Gasteiger partial charge on any atom is 0.490 e. The van der Waals surface area contributed by atoms with Crippen molar-refractivity contribution in [1.29, 1.82) is 0 Å². The predicted molar refractivity (Wildman–Crippen MR) is 149 cm³/mol. The van der Waals surface area contributed by atoms with Crippen molar-refractivity contribution in [2.24, 2.45) is 0 Å². The molecule has 1 aromatic heterocycles. The molecule has 4 rings (SSSR count). The van der Waals surface area contributed by atoms with E-state index in [0.29, 0.717) is 30.4 Å². The first-order chi connectivity index (χ1) is 21.0. The van der Waals surface area contributed by atoms with Gasteiger partial charge in [0, 0.05) is 38.0 Å². The van der Waals surface area contributed by atoms with Crippen molar-refractivity contribution in [3.8, 4) is 5.75 Å². The Morgan fingerprint density at radius 1 is 0.978 bits per heavy atom. The predicted octanol–water partition coefficient (Wildman–Crippen LogP) is 4.80. The molecule has 242 valence electrons. The van der Waals surface area contributed by atoms with E-state index in [9.17, 15) is 41.0 Å². The van der Waals surface area contributed by atoms with E-state index in [0.717, 1.165) is 0 Å². The molecule has 1 saturated heterocycles. The molecule has 0 radical (unpaired) electrons. The topological polar surface area (TPSA) is 153 Å². The third kappa shape index (κ3) is 8.98. The highest BCUT2D eigenvalue weighted by molar-refractivity contribution is 6.00. The number of pyridine rings is 1. The Kier molecular flexibility index (Phi) is 10.8. The van der Waals surface area contributed by atoms with Crippen molar-refractivity contribution >= 4 is 40.7 Å². The van der Waals surface area contributed by atoms with E-state index in [2.05, 4.69) is 20.9 Å². The molecule has 2 amide bonds. The van der Waals surface area contributed by atoms with Crippen LogP contribution in [0.2, 0.25) is 0 Å². The molecule has 0 spiro atoms. The minimum Gasteiger partial charge on any atom is -0.495 e. The number of benzene rings is 2. The molecule has 0 saturated carbocycles. The van der Waals surface area contributed by atoms with Crippen LogP contribution in [0.1, 0.15) is 32.7 Å². The number of rotatable bonds is 7. The Labute approximate surface area is 251 Å². The number of likely N-dealkylation sites (tertiary alicyclic amines) is 1. The number of hydrogen-bond acceptors (Lipinski definition) is 8. The lowest BCUT2D eigenvalue weighted by Crippen LogP contribution is -2.29. The minimum absolute atomic E-state index is 0.0676. The Morgan fingerprint density at radius 2 is 1.64 bits per heavy atom. The van der Waals surface area contributed by atoms with Gasteiger partial charge in [0.2, 0.25) is 0 Å². The number of aliphatic hydroxyl groups excluding tert-OH is 1. The Balaban J connectivity index is 0.000000707. The smallest absolute Gasteiger partial charge is 0.490 e. The molecule has 0 bridgehead atoms. The molecule has 0 aliphatic carbocycles. The SMILES string of the molecule is CNC(=O)c1ccccc1Nc1cc(Nc2ccc(C(=O)N3CC[C@H](O)C3)cc2OC)ncc1C(F)(F)F.O=C(O)C(F)(F)F. The lowest BCUT2D eigenvalue weighted by Gasteiger charge is -2.19. The summed E-state index contributed by atoms with van der Waals surface area (Å²) in [5.74, 6) is -3.14. The second-order valence-corrected chi connectivity index (χ2v) is 9.40. The molecule has 2 heterocycles. The fourth-order valence-corrected chi connectivity index (χ4v) is 4.10. The zero-order chi connectivity index (χ0) is 33.5. The van der Waals surface area contributed by atoms with E-state index < -0.39 is 35.9 Å². The van der Waals surface area contributed by atoms with Gasteiger partial charge in [-0.25, -0.2) is 9.78 Å². The van der Waals surface area contributed by atoms with Crippen LogP contribution in [0.25, 0.3) is 0 Å². The third-order valence-corrected chi connectivity index (χ3v) is 6.28. The number of nitrogens with zero attached hydrogens (tertiary/aromatic N) is 2. The summed E-state index contributed by atoms with van der Waals surface area (Å²) in [5.41, 5.74) is -0.270. The number of aromatic nitrogens is 1. The van der Waals surface area contributed by atoms with Crippen molar-refractivity contribution in [2.75, 3.05) is 37.9 Å². The number of nitrogens with one attached hydrogen (secondary N) is 3. The molecule has 1 aliphatic heterocycles. The van der Waals surface area contributed by atoms with Crippen molar-refractivity contribution in [3.05, 3.63) is 71.4 Å². The molecule has 3 aromatic rings.